The molecule has 0 radical (unpaired) electrons. The Kier molecular flexibility index (Phi) is 3.62. The lowest BCUT2D eigenvalue weighted by atomic mass is 10.1. The Morgan fingerprint density at radius 1 is 1.69 bits per heavy atom. The number of nitrogens with one attached hydrogen (secondary N) is 2. The first-order valence-corrected chi connectivity index (χ1v) is 5.90. The minimum Gasteiger partial charge on any atom is -0.351 e. The third-order valence-electron chi connectivity index (χ3n) is 3.12. The van der Waals surface area contributed by atoms with E-state index in [9.17, 15) is 4.79 Å². The van der Waals surface area contributed by atoms with Gasteiger partial charge in [0.05, 0.1) is 0 Å². The predicted molar refractivity (Wildman–Crippen MR) is 63.4 cm³/mol. The molecule has 1 aliphatic heterocycles. The van der Waals surface area contributed by atoms with Gasteiger partial charge >= 0.3 is 0 Å². The highest BCUT2D eigenvalue weighted by molar-refractivity contribution is 5.92. The van der Waals surface area contributed by atoms with Crippen molar-refractivity contribution in [3.63, 3.8) is 0 Å². The van der Waals surface area contributed by atoms with Crippen LogP contribution in [-0.4, -0.2) is 29.6 Å². The van der Waals surface area contributed by atoms with E-state index in [-0.39, 0.29) is 5.91 Å². The molecule has 1 fully saturated rings. The molecular formula is C12H19N3O. The quantitative estimate of drug-likeness (QED) is 0.793. The summed E-state index contributed by atoms with van der Waals surface area (Å²) < 4.78 is 1.84. The van der Waals surface area contributed by atoms with Gasteiger partial charge in [0.25, 0.3) is 5.91 Å². The van der Waals surface area contributed by atoms with Gasteiger partial charge in [-0.1, -0.05) is 0 Å². The topological polar surface area (TPSA) is 46.1 Å². The minimum atomic E-state index is 0.0190. The summed E-state index contributed by atoms with van der Waals surface area (Å²) in [6, 6.07) is 4.31. The Morgan fingerprint density at radius 3 is 3.19 bits per heavy atom. The van der Waals surface area contributed by atoms with Crippen molar-refractivity contribution in [2.24, 2.45) is 7.05 Å². The summed E-state index contributed by atoms with van der Waals surface area (Å²) in [5.74, 6) is 0.0190. The van der Waals surface area contributed by atoms with Crippen molar-refractivity contribution >= 4 is 5.91 Å². The van der Waals surface area contributed by atoms with E-state index in [4.69, 9.17) is 0 Å². The standard InChI is InChI=1S/C12H19N3O/c1-15-9-3-5-11(15)12(16)14-8-6-10-4-2-7-13-10/h3,5,9-10,13H,2,4,6-8H2,1H3,(H,14,16). The van der Waals surface area contributed by atoms with Crippen molar-refractivity contribution < 1.29 is 4.79 Å². The van der Waals surface area contributed by atoms with Gasteiger partial charge in [0.2, 0.25) is 0 Å². The molecule has 2 N–H and O–H groups in total. The number of aromatic nitrogens is 1. The van der Waals surface area contributed by atoms with Crippen LogP contribution in [0.1, 0.15) is 29.8 Å². The van der Waals surface area contributed by atoms with Gasteiger partial charge in [-0.2, -0.15) is 0 Å². The Hall–Kier alpha value is -1.29. The van der Waals surface area contributed by atoms with Crippen LogP contribution in [0.5, 0.6) is 0 Å². The maximum atomic E-state index is 11.7. The van der Waals surface area contributed by atoms with Gasteiger partial charge < -0.3 is 15.2 Å². The molecule has 0 aromatic carbocycles. The summed E-state index contributed by atoms with van der Waals surface area (Å²) in [6.07, 6.45) is 5.40. The van der Waals surface area contributed by atoms with E-state index >= 15 is 0 Å². The Bertz CT molecular complexity index is 353. The van der Waals surface area contributed by atoms with Crippen LogP contribution in [0.2, 0.25) is 0 Å². The normalized spacial score (nSPS) is 19.9. The van der Waals surface area contributed by atoms with Gasteiger partial charge in [0.1, 0.15) is 5.69 Å². The van der Waals surface area contributed by atoms with E-state index in [0.29, 0.717) is 6.04 Å². The fourth-order valence-electron chi connectivity index (χ4n) is 2.15. The van der Waals surface area contributed by atoms with Crippen molar-refractivity contribution in [2.45, 2.75) is 25.3 Å². The number of nitrogens with zero attached hydrogens (tertiary/aromatic N) is 1. The van der Waals surface area contributed by atoms with Crippen LogP contribution in [0, 0.1) is 0 Å². The second-order valence-corrected chi connectivity index (χ2v) is 4.34. The molecule has 1 amide bonds. The van der Waals surface area contributed by atoms with Crippen LogP contribution >= 0.6 is 0 Å². The van der Waals surface area contributed by atoms with E-state index in [2.05, 4.69) is 10.6 Å². The summed E-state index contributed by atoms with van der Waals surface area (Å²) >= 11 is 0. The monoisotopic (exact) mass is 221 g/mol. The number of rotatable bonds is 4. The SMILES string of the molecule is Cn1cccc1C(=O)NCCC1CCCN1. The summed E-state index contributed by atoms with van der Waals surface area (Å²) in [4.78, 5) is 11.7. The molecule has 1 saturated heterocycles. The summed E-state index contributed by atoms with van der Waals surface area (Å²) in [5, 5.41) is 6.37. The molecule has 1 aromatic heterocycles. The third kappa shape index (κ3) is 2.64. The van der Waals surface area contributed by atoms with Crippen molar-refractivity contribution in [3.8, 4) is 0 Å². The number of hydrogen-bond acceptors (Lipinski definition) is 2. The van der Waals surface area contributed by atoms with Crippen LogP contribution in [-0.2, 0) is 7.05 Å². The first kappa shape index (κ1) is 11.2. The predicted octanol–water partition coefficient (Wildman–Crippen LogP) is 0.897. The zero-order valence-electron chi connectivity index (χ0n) is 9.70. The van der Waals surface area contributed by atoms with E-state index in [0.717, 1.165) is 25.2 Å². The molecule has 16 heavy (non-hydrogen) atoms. The summed E-state index contributed by atoms with van der Waals surface area (Å²) in [6.45, 7) is 1.87. The molecule has 0 spiro atoms. The molecule has 2 heterocycles. The van der Waals surface area contributed by atoms with Crippen molar-refractivity contribution in [2.75, 3.05) is 13.1 Å². The van der Waals surface area contributed by atoms with Crippen LogP contribution in [0.15, 0.2) is 18.3 Å². The van der Waals surface area contributed by atoms with Gasteiger partial charge in [-0.05, 0) is 37.9 Å². The Morgan fingerprint density at radius 2 is 2.56 bits per heavy atom. The minimum absolute atomic E-state index is 0.0190. The lowest BCUT2D eigenvalue weighted by Gasteiger charge is -2.10. The molecule has 4 nitrogen and oxygen atoms in total. The van der Waals surface area contributed by atoms with E-state index in [1.807, 2.05) is 29.9 Å². The van der Waals surface area contributed by atoms with Crippen molar-refractivity contribution in [1.29, 1.82) is 0 Å². The molecule has 1 unspecified atom stereocenters. The average molecular weight is 221 g/mol. The molecule has 1 aromatic rings. The van der Waals surface area contributed by atoms with Crippen molar-refractivity contribution in [1.82, 2.24) is 15.2 Å². The van der Waals surface area contributed by atoms with Crippen molar-refractivity contribution in [3.05, 3.63) is 24.0 Å². The van der Waals surface area contributed by atoms with Gasteiger partial charge in [-0.3, -0.25) is 4.79 Å². The van der Waals surface area contributed by atoms with Gasteiger partial charge in [0, 0.05) is 25.8 Å². The Labute approximate surface area is 96.0 Å². The first-order chi connectivity index (χ1) is 7.77. The zero-order valence-corrected chi connectivity index (χ0v) is 9.70. The molecule has 0 saturated carbocycles. The number of aryl methyl sites for hydroxylation is 1. The fraction of sp³-hybridized carbons (Fsp3) is 0.583. The highest BCUT2D eigenvalue weighted by atomic mass is 16.1. The molecule has 1 aliphatic rings. The molecule has 0 aliphatic carbocycles. The van der Waals surface area contributed by atoms with E-state index in [1.165, 1.54) is 12.8 Å². The van der Waals surface area contributed by atoms with Crippen LogP contribution in [0.4, 0.5) is 0 Å². The molecule has 1 atom stereocenters. The first-order valence-electron chi connectivity index (χ1n) is 5.90. The number of amides is 1. The van der Waals surface area contributed by atoms with Crippen LogP contribution in [0.25, 0.3) is 0 Å². The summed E-state index contributed by atoms with van der Waals surface area (Å²) in [7, 11) is 1.88. The largest absolute Gasteiger partial charge is 0.351 e. The fourth-order valence-corrected chi connectivity index (χ4v) is 2.15. The molecule has 4 heteroatoms. The van der Waals surface area contributed by atoms with E-state index in [1.54, 1.807) is 0 Å². The summed E-state index contributed by atoms with van der Waals surface area (Å²) in [5.41, 5.74) is 0.722. The third-order valence-corrected chi connectivity index (χ3v) is 3.12. The average Bonchev–Trinajstić information content (AvgIpc) is 2.88. The van der Waals surface area contributed by atoms with E-state index < -0.39 is 0 Å². The second-order valence-electron chi connectivity index (χ2n) is 4.34. The lowest BCUT2D eigenvalue weighted by molar-refractivity contribution is 0.0944. The molecular weight excluding hydrogens is 202 g/mol. The van der Waals surface area contributed by atoms with Crippen LogP contribution < -0.4 is 10.6 Å². The number of carbonyl (C=O) groups excluding carboxylic acids is 1. The maximum absolute atomic E-state index is 11.7. The maximum Gasteiger partial charge on any atom is 0.267 e. The highest BCUT2D eigenvalue weighted by Crippen LogP contribution is 2.07. The molecule has 88 valence electrons. The van der Waals surface area contributed by atoms with Gasteiger partial charge in [-0.25, -0.2) is 0 Å². The second kappa shape index (κ2) is 5.16. The molecule has 2 rings (SSSR count). The molecule has 0 bridgehead atoms. The number of carbonyl (C=O) groups is 1. The highest BCUT2D eigenvalue weighted by Gasteiger charge is 2.14. The van der Waals surface area contributed by atoms with Gasteiger partial charge in [-0.15, -0.1) is 0 Å². The Balaban J connectivity index is 1.73. The number of hydrogen-bond donors (Lipinski definition) is 2. The van der Waals surface area contributed by atoms with Gasteiger partial charge in [0.15, 0.2) is 0 Å². The smallest absolute Gasteiger partial charge is 0.267 e. The zero-order chi connectivity index (χ0) is 11.4. The van der Waals surface area contributed by atoms with Crippen LogP contribution in [0.3, 0.4) is 0 Å². The lowest BCUT2D eigenvalue weighted by Crippen LogP contribution is -2.31.